The Morgan fingerprint density at radius 3 is 2.78 bits per heavy atom. The lowest BCUT2D eigenvalue weighted by atomic mass is 10.00. The Labute approximate surface area is 193 Å². The third kappa shape index (κ3) is 6.09. The predicted octanol–water partition coefficient (Wildman–Crippen LogP) is 3.87. The highest BCUT2D eigenvalue weighted by atomic mass is 32.2. The van der Waals surface area contributed by atoms with E-state index in [4.69, 9.17) is 10.5 Å². The van der Waals surface area contributed by atoms with Gasteiger partial charge in [-0.3, -0.25) is 0 Å². The van der Waals surface area contributed by atoms with Crippen LogP contribution >= 0.6 is 11.8 Å². The average Bonchev–Trinajstić information content (AvgIpc) is 3.32. The number of methoxy groups -OCH3 is 1. The van der Waals surface area contributed by atoms with E-state index in [9.17, 15) is 0 Å². The van der Waals surface area contributed by atoms with Gasteiger partial charge in [-0.15, -0.1) is 10.2 Å². The number of anilines is 2. The molecule has 0 aliphatic carbocycles. The van der Waals surface area contributed by atoms with E-state index < -0.39 is 0 Å². The van der Waals surface area contributed by atoms with Gasteiger partial charge in [0.25, 0.3) is 0 Å². The lowest BCUT2D eigenvalue weighted by Gasteiger charge is -2.22. The number of aromatic nitrogens is 6. The van der Waals surface area contributed by atoms with Crippen molar-refractivity contribution in [3.63, 3.8) is 0 Å². The van der Waals surface area contributed by atoms with Crippen molar-refractivity contribution in [2.75, 3.05) is 30.2 Å². The van der Waals surface area contributed by atoms with Crippen LogP contribution in [-0.4, -0.2) is 55.8 Å². The molecule has 0 saturated heterocycles. The summed E-state index contributed by atoms with van der Waals surface area (Å²) in [5.41, 5.74) is 9.73. The first-order valence-electron chi connectivity index (χ1n) is 10.8. The number of hydrogen-bond donors (Lipinski definition) is 3. The van der Waals surface area contributed by atoms with E-state index in [1.807, 2.05) is 36.9 Å². The number of ether oxygens (including phenoxy) is 1. The molecule has 4 N–H and O–H groups in total. The van der Waals surface area contributed by atoms with Crippen LogP contribution in [0.1, 0.15) is 49.4 Å². The van der Waals surface area contributed by atoms with Crippen LogP contribution in [0.5, 0.6) is 5.75 Å². The smallest absolute Gasteiger partial charge is 0.222 e. The topological polar surface area (TPSA) is 128 Å². The molecule has 0 spiro atoms. The zero-order chi connectivity index (χ0) is 22.9. The van der Waals surface area contributed by atoms with Gasteiger partial charge in [-0.2, -0.15) is 22.0 Å². The van der Waals surface area contributed by atoms with Crippen molar-refractivity contribution in [2.45, 2.75) is 52.0 Å². The Hall–Kier alpha value is -2.88. The standard InChI is InChI=1S/C22H32N8OS/c1-5-6-7-17(10-11-32-4)25-21-18(14(2)24-22(23)26-21)13-16-12-15(8-9-19(16)31-3)20-27-29-30-28-20/h8-9,12,17H,5-7,10-11,13H2,1-4H3,(H3,23,24,25,26)(H,27,28,29,30)/t17-/m0/s1. The first kappa shape index (κ1) is 23.8. The Morgan fingerprint density at radius 1 is 1.25 bits per heavy atom. The molecule has 10 heteroatoms. The highest BCUT2D eigenvalue weighted by Gasteiger charge is 2.18. The van der Waals surface area contributed by atoms with Gasteiger partial charge in [-0.1, -0.05) is 19.8 Å². The maximum atomic E-state index is 6.02. The Balaban J connectivity index is 1.95. The van der Waals surface area contributed by atoms with Crippen molar-refractivity contribution < 1.29 is 4.74 Å². The minimum absolute atomic E-state index is 0.278. The van der Waals surface area contributed by atoms with Crippen LogP contribution in [0.25, 0.3) is 11.4 Å². The SMILES string of the molecule is CCCC[C@@H](CCSC)Nc1nc(N)nc(C)c1Cc1cc(-c2nn[nH]n2)ccc1OC. The molecule has 3 aromatic rings. The number of benzene rings is 1. The van der Waals surface area contributed by atoms with E-state index in [1.165, 1.54) is 6.42 Å². The molecule has 0 radical (unpaired) electrons. The summed E-state index contributed by atoms with van der Waals surface area (Å²) in [6.07, 6.45) is 7.22. The van der Waals surface area contributed by atoms with Gasteiger partial charge < -0.3 is 15.8 Å². The zero-order valence-corrected chi connectivity index (χ0v) is 20.0. The van der Waals surface area contributed by atoms with E-state index >= 15 is 0 Å². The van der Waals surface area contributed by atoms with Gasteiger partial charge in [0.1, 0.15) is 11.6 Å². The van der Waals surface area contributed by atoms with Gasteiger partial charge in [-0.05, 0) is 60.7 Å². The van der Waals surface area contributed by atoms with Crippen LogP contribution in [0.3, 0.4) is 0 Å². The number of nitrogens with zero attached hydrogens (tertiary/aromatic N) is 5. The van der Waals surface area contributed by atoms with Crippen LogP contribution in [0, 0.1) is 6.92 Å². The van der Waals surface area contributed by atoms with Crippen LogP contribution in [0.4, 0.5) is 11.8 Å². The second kappa shape index (κ2) is 11.7. The number of nitrogens with two attached hydrogens (primary N) is 1. The number of thioether (sulfide) groups is 1. The molecule has 172 valence electrons. The third-order valence-corrected chi connectivity index (χ3v) is 6.04. The number of hydrogen-bond acceptors (Lipinski definition) is 9. The molecule has 1 atom stereocenters. The molecular formula is C22H32N8OS. The summed E-state index contributed by atoms with van der Waals surface area (Å²) in [5.74, 6) is 3.49. The quantitative estimate of drug-likeness (QED) is 0.372. The monoisotopic (exact) mass is 456 g/mol. The Bertz CT molecular complexity index is 988. The molecule has 9 nitrogen and oxygen atoms in total. The van der Waals surface area contributed by atoms with Gasteiger partial charge in [0, 0.05) is 29.3 Å². The minimum Gasteiger partial charge on any atom is -0.496 e. The van der Waals surface area contributed by atoms with Gasteiger partial charge in [0.05, 0.1) is 7.11 Å². The predicted molar refractivity (Wildman–Crippen MR) is 130 cm³/mol. The lowest BCUT2D eigenvalue weighted by molar-refractivity contribution is 0.410. The van der Waals surface area contributed by atoms with Crippen molar-refractivity contribution in [1.29, 1.82) is 0 Å². The Kier molecular flexibility index (Phi) is 8.66. The number of aryl methyl sites for hydroxylation is 1. The van der Waals surface area contributed by atoms with Gasteiger partial charge in [0.2, 0.25) is 11.8 Å². The molecule has 0 fully saturated rings. The highest BCUT2D eigenvalue weighted by Crippen LogP contribution is 2.30. The normalized spacial score (nSPS) is 12.0. The van der Waals surface area contributed by atoms with E-state index in [0.717, 1.165) is 59.0 Å². The highest BCUT2D eigenvalue weighted by molar-refractivity contribution is 7.98. The molecule has 2 heterocycles. The molecule has 0 amide bonds. The summed E-state index contributed by atoms with van der Waals surface area (Å²) in [6.45, 7) is 4.18. The number of tetrazole rings is 1. The minimum atomic E-state index is 0.278. The van der Waals surface area contributed by atoms with Gasteiger partial charge in [0.15, 0.2) is 0 Å². The van der Waals surface area contributed by atoms with Crippen molar-refractivity contribution in [1.82, 2.24) is 30.6 Å². The number of H-pyrrole nitrogens is 1. The molecular weight excluding hydrogens is 424 g/mol. The molecule has 0 unspecified atom stereocenters. The fraction of sp³-hybridized carbons (Fsp3) is 0.500. The molecule has 0 saturated carbocycles. The molecule has 3 rings (SSSR count). The second-order valence-electron chi connectivity index (χ2n) is 7.70. The van der Waals surface area contributed by atoms with E-state index in [2.05, 4.69) is 49.1 Å². The summed E-state index contributed by atoms with van der Waals surface area (Å²) >= 11 is 1.86. The maximum Gasteiger partial charge on any atom is 0.222 e. The van der Waals surface area contributed by atoms with Crippen molar-refractivity contribution >= 4 is 23.5 Å². The van der Waals surface area contributed by atoms with Crippen LogP contribution in [-0.2, 0) is 6.42 Å². The lowest BCUT2D eigenvalue weighted by Crippen LogP contribution is -2.23. The molecule has 0 aliphatic heterocycles. The maximum absolute atomic E-state index is 6.02. The van der Waals surface area contributed by atoms with Crippen molar-refractivity contribution in [3.05, 3.63) is 35.0 Å². The fourth-order valence-electron chi connectivity index (χ4n) is 3.67. The number of rotatable bonds is 12. The largest absolute Gasteiger partial charge is 0.496 e. The molecule has 0 aliphatic rings. The van der Waals surface area contributed by atoms with Crippen molar-refractivity contribution in [2.24, 2.45) is 0 Å². The van der Waals surface area contributed by atoms with Gasteiger partial charge >= 0.3 is 0 Å². The Morgan fingerprint density at radius 2 is 2.09 bits per heavy atom. The average molecular weight is 457 g/mol. The summed E-state index contributed by atoms with van der Waals surface area (Å²) in [5, 5.41) is 18.0. The van der Waals surface area contributed by atoms with Crippen LogP contribution in [0.15, 0.2) is 18.2 Å². The number of unbranched alkanes of at least 4 members (excludes halogenated alkanes) is 1. The van der Waals surface area contributed by atoms with E-state index in [-0.39, 0.29) is 5.95 Å². The van der Waals surface area contributed by atoms with Crippen LogP contribution in [0.2, 0.25) is 0 Å². The van der Waals surface area contributed by atoms with E-state index in [0.29, 0.717) is 18.3 Å². The fourth-order valence-corrected chi connectivity index (χ4v) is 4.19. The first-order chi connectivity index (χ1) is 15.5. The third-order valence-electron chi connectivity index (χ3n) is 5.40. The van der Waals surface area contributed by atoms with Crippen molar-refractivity contribution in [3.8, 4) is 17.1 Å². The summed E-state index contributed by atoms with van der Waals surface area (Å²) in [7, 11) is 1.67. The molecule has 1 aromatic carbocycles. The summed E-state index contributed by atoms with van der Waals surface area (Å²) in [4.78, 5) is 9.01. The zero-order valence-electron chi connectivity index (χ0n) is 19.2. The van der Waals surface area contributed by atoms with Crippen LogP contribution < -0.4 is 15.8 Å². The molecule has 0 bridgehead atoms. The number of aromatic amines is 1. The number of nitrogens with one attached hydrogen (secondary N) is 2. The number of nitrogen functional groups attached to an aromatic ring is 1. The van der Waals surface area contributed by atoms with E-state index in [1.54, 1.807) is 7.11 Å². The first-order valence-corrected chi connectivity index (χ1v) is 12.2. The molecule has 2 aromatic heterocycles. The summed E-state index contributed by atoms with van der Waals surface area (Å²) in [6, 6.07) is 6.19. The summed E-state index contributed by atoms with van der Waals surface area (Å²) < 4.78 is 5.63. The van der Waals surface area contributed by atoms with Gasteiger partial charge in [-0.25, -0.2) is 4.98 Å². The molecule has 32 heavy (non-hydrogen) atoms. The second-order valence-corrected chi connectivity index (χ2v) is 8.68.